The van der Waals surface area contributed by atoms with E-state index in [1.807, 2.05) is 6.33 Å². The fourth-order valence-electron chi connectivity index (χ4n) is 2.38. The first kappa shape index (κ1) is 11.7. The molecule has 0 N–H and O–H groups in total. The van der Waals surface area contributed by atoms with Crippen molar-refractivity contribution in [2.75, 3.05) is 26.3 Å². The van der Waals surface area contributed by atoms with Crippen molar-refractivity contribution in [2.24, 2.45) is 0 Å². The van der Waals surface area contributed by atoms with Crippen LogP contribution < -0.4 is 0 Å². The van der Waals surface area contributed by atoms with Gasteiger partial charge in [0.2, 0.25) is 0 Å². The molecule has 1 aliphatic heterocycles. The van der Waals surface area contributed by atoms with Gasteiger partial charge in [0, 0.05) is 13.1 Å². The Morgan fingerprint density at radius 3 is 2.67 bits per heavy atom. The Labute approximate surface area is 107 Å². The van der Waals surface area contributed by atoms with Gasteiger partial charge in [-0.2, -0.15) is 0 Å². The molecule has 2 heterocycles. The molecule has 96 valence electrons. The second-order valence-electron chi connectivity index (χ2n) is 5.01. The number of nitrogens with zero attached hydrogens (tertiary/aromatic N) is 3. The molecule has 0 unspecified atom stereocenters. The van der Waals surface area contributed by atoms with Crippen LogP contribution in [0, 0.1) is 13.8 Å². The van der Waals surface area contributed by atoms with Gasteiger partial charge in [-0.1, -0.05) is 0 Å². The van der Waals surface area contributed by atoms with Gasteiger partial charge in [-0.3, -0.25) is 4.90 Å². The monoisotopic (exact) mass is 245 g/mol. The van der Waals surface area contributed by atoms with Crippen molar-refractivity contribution in [2.45, 2.75) is 20.5 Å². The van der Waals surface area contributed by atoms with Crippen LogP contribution in [0.3, 0.4) is 0 Å². The van der Waals surface area contributed by atoms with Crippen LogP contribution in [0.4, 0.5) is 0 Å². The zero-order chi connectivity index (χ0) is 12.5. The Morgan fingerprint density at radius 1 is 1.17 bits per heavy atom. The largest absolute Gasteiger partial charge is 0.379 e. The molecule has 1 aromatic carbocycles. The van der Waals surface area contributed by atoms with E-state index in [9.17, 15) is 0 Å². The van der Waals surface area contributed by atoms with Crippen LogP contribution in [0.5, 0.6) is 0 Å². The number of aryl methyl sites for hydroxylation is 2. The van der Waals surface area contributed by atoms with E-state index in [-0.39, 0.29) is 0 Å². The quantitative estimate of drug-likeness (QED) is 0.810. The minimum absolute atomic E-state index is 0.838. The average Bonchev–Trinajstić information content (AvgIpc) is 2.74. The van der Waals surface area contributed by atoms with E-state index in [2.05, 4.69) is 40.4 Å². The van der Waals surface area contributed by atoms with Crippen LogP contribution in [0.25, 0.3) is 11.0 Å². The molecule has 0 amide bonds. The van der Waals surface area contributed by atoms with Crippen molar-refractivity contribution in [3.05, 3.63) is 29.6 Å². The molecular weight excluding hydrogens is 226 g/mol. The molecule has 0 atom stereocenters. The molecule has 0 saturated carbocycles. The number of morpholine rings is 1. The van der Waals surface area contributed by atoms with Gasteiger partial charge in [0.05, 0.1) is 37.2 Å². The van der Waals surface area contributed by atoms with E-state index >= 15 is 0 Å². The van der Waals surface area contributed by atoms with Crippen LogP contribution in [0.1, 0.15) is 11.1 Å². The highest BCUT2D eigenvalue weighted by atomic mass is 16.5. The van der Waals surface area contributed by atoms with Crippen molar-refractivity contribution >= 4 is 11.0 Å². The van der Waals surface area contributed by atoms with E-state index < -0.39 is 0 Å². The number of ether oxygens (including phenoxy) is 1. The van der Waals surface area contributed by atoms with Crippen molar-refractivity contribution in [1.29, 1.82) is 0 Å². The Balaban J connectivity index is 1.89. The van der Waals surface area contributed by atoms with Crippen LogP contribution in [0.2, 0.25) is 0 Å². The summed E-state index contributed by atoms with van der Waals surface area (Å²) in [4.78, 5) is 6.89. The number of imidazole rings is 1. The van der Waals surface area contributed by atoms with Gasteiger partial charge in [0.1, 0.15) is 0 Å². The molecule has 18 heavy (non-hydrogen) atoms. The van der Waals surface area contributed by atoms with Crippen LogP contribution in [-0.4, -0.2) is 40.8 Å². The summed E-state index contributed by atoms with van der Waals surface area (Å²) >= 11 is 0. The van der Waals surface area contributed by atoms with E-state index in [1.165, 1.54) is 16.6 Å². The smallest absolute Gasteiger partial charge is 0.0969 e. The summed E-state index contributed by atoms with van der Waals surface area (Å²) in [7, 11) is 0. The third kappa shape index (κ3) is 2.13. The summed E-state index contributed by atoms with van der Waals surface area (Å²) in [5.41, 5.74) is 4.95. The first-order valence-electron chi connectivity index (χ1n) is 6.46. The summed E-state index contributed by atoms with van der Waals surface area (Å²) in [6.07, 6.45) is 1.94. The highest BCUT2D eigenvalue weighted by Crippen LogP contribution is 2.18. The van der Waals surface area contributed by atoms with Gasteiger partial charge in [0.25, 0.3) is 0 Å². The lowest BCUT2D eigenvalue weighted by Gasteiger charge is -2.27. The summed E-state index contributed by atoms with van der Waals surface area (Å²) in [6, 6.07) is 4.40. The predicted octanol–water partition coefficient (Wildman–Crippen LogP) is 1.94. The lowest BCUT2D eigenvalue weighted by molar-refractivity contribution is 0.0241. The number of hydrogen-bond donors (Lipinski definition) is 0. The van der Waals surface area contributed by atoms with Crippen LogP contribution in [-0.2, 0) is 11.4 Å². The molecule has 4 heteroatoms. The van der Waals surface area contributed by atoms with Gasteiger partial charge < -0.3 is 9.30 Å². The molecule has 1 aliphatic rings. The number of rotatable bonds is 2. The van der Waals surface area contributed by atoms with Gasteiger partial charge in [-0.25, -0.2) is 4.98 Å². The molecule has 3 rings (SSSR count). The van der Waals surface area contributed by atoms with Crippen molar-refractivity contribution < 1.29 is 4.74 Å². The van der Waals surface area contributed by atoms with E-state index in [0.29, 0.717) is 0 Å². The van der Waals surface area contributed by atoms with Gasteiger partial charge in [0.15, 0.2) is 0 Å². The topological polar surface area (TPSA) is 30.3 Å². The zero-order valence-corrected chi connectivity index (χ0v) is 11.0. The fraction of sp³-hybridized carbons (Fsp3) is 0.500. The first-order valence-corrected chi connectivity index (χ1v) is 6.46. The average molecular weight is 245 g/mol. The Hall–Kier alpha value is -1.39. The van der Waals surface area contributed by atoms with Crippen LogP contribution in [0.15, 0.2) is 18.5 Å². The third-order valence-electron chi connectivity index (χ3n) is 3.69. The minimum atomic E-state index is 0.838. The van der Waals surface area contributed by atoms with Crippen molar-refractivity contribution in [3.8, 4) is 0 Å². The van der Waals surface area contributed by atoms with Gasteiger partial charge in [-0.05, 0) is 37.1 Å². The number of aromatic nitrogens is 2. The molecule has 0 bridgehead atoms. The summed E-state index contributed by atoms with van der Waals surface area (Å²) in [5, 5.41) is 0. The molecule has 2 aromatic rings. The van der Waals surface area contributed by atoms with E-state index in [0.717, 1.165) is 38.5 Å². The Morgan fingerprint density at radius 2 is 1.89 bits per heavy atom. The highest BCUT2D eigenvalue weighted by molar-refractivity contribution is 5.77. The third-order valence-corrected chi connectivity index (χ3v) is 3.69. The standard InChI is InChI=1S/C14H19N3O/c1-11-7-13-14(8-12(11)2)17(9-15-13)10-16-3-5-18-6-4-16/h7-9H,3-6,10H2,1-2H3. The van der Waals surface area contributed by atoms with E-state index in [1.54, 1.807) is 0 Å². The van der Waals surface area contributed by atoms with Crippen molar-refractivity contribution in [3.63, 3.8) is 0 Å². The lowest BCUT2D eigenvalue weighted by Crippen LogP contribution is -2.37. The molecular formula is C14H19N3O. The second kappa shape index (κ2) is 4.71. The van der Waals surface area contributed by atoms with Gasteiger partial charge in [-0.15, -0.1) is 0 Å². The molecule has 0 spiro atoms. The van der Waals surface area contributed by atoms with Crippen molar-refractivity contribution in [1.82, 2.24) is 14.5 Å². The maximum Gasteiger partial charge on any atom is 0.0969 e. The molecule has 1 aromatic heterocycles. The predicted molar refractivity (Wildman–Crippen MR) is 71.6 cm³/mol. The maximum atomic E-state index is 5.37. The summed E-state index contributed by atoms with van der Waals surface area (Å²) < 4.78 is 7.60. The van der Waals surface area contributed by atoms with Crippen LogP contribution >= 0.6 is 0 Å². The maximum absolute atomic E-state index is 5.37. The number of hydrogen-bond acceptors (Lipinski definition) is 3. The summed E-state index contributed by atoms with van der Waals surface area (Å²) in [6.45, 7) is 8.88. The molecule has 1 fully saturated rings. The molecule has 1 saturated heterocycles. The Kier molecular flexibility index (Phi) is 3.06. The van der Waals surface area contributed by atoms with Gasteiger partial charge >= 0.3 is 0 Å². The molecule has 4 nitrogen and oxygen atoms in total. The molecule has 0 radical (unpaired) electrons. The van der Waals surface area contributed by atoms with E-state index in [4.69, 9.17) is 4.74 Å². The number of benzene rings is 1. The Bertz CT molecular complexity index is 555. The minimum Gasteiger partial charge on any atom is -0.379 e. The highest BCUT2D eigenvalue weighted by Gasteiger charge is 2.12. The number of fused-ring (bicyclic) bond motifs is 1. The SMILES string of the molecule is Cc1cc2ncn(CN3CCOCC3)c2cc1C. The summed E-state index contributed by atoms with van der Waals surface area (Å²) in [5.74, 6) is 0. The first-order chi connectivity index (χ1) is 8.74. The zero-order valence-electron chi connectivity index (χ0n) is 11.0. The molecule has 0 aliphatic carbocycles. The normalized spacial score (nSPS) is 17.4. The second-order valence-corrected chi connectivity index (χ2v) is 5.01. The fourth-order valence-corrected chi connectivity index (χ4v) is 2.38. The lowest BCUT2D eigenvalue weighted by atomic mass is 10.1.